The van der Waals surface area contributed by atoms with E-state index in [0.717, 1.165) is 38.5 Å². The molecule has 0 rings (SSSR count). The molecule has 1 amide bonds. The number of aliphatic hydroxyl groups is 4. The van der Waals surface area contributed by atoms with Gasteiger partial charge in [0.05, 0.1) is 18.8 Å². The number of hydrogen-bond acceptors (Lipinski definition) is 5. The third-order valence-electron chi connectivity index (χ3n) is 13.2. The van der Waals surface area contributed by atoms with Gasteiger partial charge in [-0.2, -0.15) is 0 Å². The Balaban J connectivity index is 3.64. The summed E-state index contributed by atoms with van der Waals surface area (Å²) in [6.07, 6.45) is 58.5. The fraction of sp³-hybridized carbons (Fsp3) is 0.945. The maximum Gasteiger partial charge on any atom is 0.249 e. The van der Waals surface area contributed by atoms with E-state index >= 15 is 0 Å². The second-order valence-corrected chi connectivity index (χ2v) is 19.3. The monoisotopic (exact) mass is 864 g/mol. The molecular weight excluding hydrogens is 755 g/mol. The van der Waals surface area contributed by atoms with Gasteiger partial charge in [0, 0.05) is 0 Å². The summed E-state index contributed by atoms with van der Waals surface area (Å²) in [6, 6.07) is -0.998. The highest BCUT2D eigenvalue weighted by Gasteiger charge is 2.28. The molecule has 4 unspecified atom stereocenters. The molecule has 0 aromatic rings. The van der Waals surface area contributed by atoms with Crippen LogP contribution in [0.5, 0.6) is 0 Å². The standard InChI is InChI=1S/C55H109NO5/c1-3-5-7-9-11-13-15-17-19-21-23-25-26-27-28-29-31-32-34-36-38-40-42-44-46-48-52(58)54(60)51(50-57)56-55(61)53(59)49-47-45-43-41-39-37-35-33-30-24-22-20-18-16-14-12-10-8-6-4-2/h40,42,51-54,57-60H,3-39,41,43-50H2,1-2H3,(H,56,61)/b42-40+. The first-order chi connectivity index (χ1) is 30.0. The Kier molecular flexibility index (Phi) is 49.3. The third kappa shape index (κ3) is 44.1. The molecule has 0 spiro atoms. The van der Waals surface area contributed by atoms with E-state index in [-0.39, 0.29) is 0 Å². The van der Waals surface area contributed by atoms with Gasteiger partial charge in [0.1, 0.15) is 12.2 Å². The van der Waals surface area contributed by atoms with Gasteiger partial charge in [0.25, 0.3) is 0 Å². The quantitative estimate of drug-likeness (QED) is 0.0309. The van der Waals surface area contributed by atoms with E-state index in [1.54, 1.807) is 0 Å². The number of carbonyl (C=O) groups excluding carboxylic acids is 1. The van der Waals surface area contributed by atoms with E-state index in [0.29, 0.717) is 12.8 Å². The molecule has 0 bridgehead atoms. The van der Waals surface area contributed by atoms with Crippen LogP contribution in [0.2, 0.25) is 0 Å². The van der Waals surface area contributed by atoms with Crippen LogP contribution in [0.1, 0.15) is 303 Å². The van der Waals surface area contributed by atoms with Gasteiger partial charge >= 0.3 is 0 Å². The van der Waals surface area contributed by atoms with E-state index in [2.05, 4.69) is 31.3 Å². The van der Waals surface area contributed by atoms with Crippen LogP contribution in [0.4, 0.5) is 0 Å². The molecule has 0 aromatic carbocycles. The van der Waals surface area contributed by atoms with Gasteiger partial charge < -0.3 is 25.7 Å². The largest absolute Gasteiger partial charge is 0.394 e. The lowest BCUT2D eigenvalue weighted by molar-refractivity contribution is -0.132. The minimum Gasteiger partial charge on any atom is -0.394 e. The van der Waals surface area contributed by atoms with Crippen LogP contribution in [-0.2, 0) is 4.79 Å². The summed E-state index contributed by atoms with van der Waals surface area (Å²) in [5, 5.41) is 43.9. The smallest absolute Gasteiger partial charge is 0.249 e. The fourth-order valence-corrected chi connectivity index (χ4v) is 8.88. The summed E-state index contributed by atoms with van der Waals surface area (Å²) in [5.41, 5.74) is 0. The summed E-state index contributed by atoms with van der Waals surface area (Å²) in [5.74, 6) is -0.587. The number of allylic oxidation sites excluding steroid dienone is 2. The number of nitrogens with one attached hydrogen (secondary N) is 1. The van der Waals surface area contributed by atoms with Crippen molar-refractivity contribution < 1.29 is 25.2 Å². The molecule has 0 aliphatic carbocycles. The summed E-state index contributed by atoms with van der Waals surface area (Å²) >= 11 is 0. The zero-order chi connectivity index (χ0) is 44.5. The maximum absolute atomic E-state index is 12.6. The molecule has 4 atom stereocenters. The minimum atomic E-state index is -1.28. The van der Waals surface area contributed by atoms with Gasteiger partial charge in [-0.25, -0.2) is 0 Å². The molecule has 0 heterocycles. The molecule has 364 valence electrons. The van der Waals surface area contributed by atoms with E-state index in [1.807, 2.05) is 0 Å². The molecule has 61 heavy (non-hydrogen) atoms. The highest BCUT2D eigenvalue weighted by atomic mass is 16.3. The maximum atomic E-state index is 12.6. The van der Waals surface area contributed by atoms with E-state index in [9.17, 15) is 25.2 Å². The van der Waals surface area contributed by atoms with Gasteiger partial charge in [-0.05, 0) is 38.5 Å². The average molecular weight is 864 g/mol. The summed E-state index contributed by atoms with van der Waals surface area (Å²) < 4.78 is 0. The number of aliphatic hydroxyl groups excluding tert-OH is 4. The van der Waals surface area contributed by atoms with Crippen molar-refractivity contribution in [3.63, 3.8) is 0 Å². The van der Waals surface area contributed by atoms with Gasteiger partial charge in [-0.15, -0.1) is 0 Å². The van der Waals surface area contributed by atoms with Crippen LogP contribution in [-0.4, -0.2) is 57.3 Å². The van der Waals surface area contributed by atoms with Crippen LogP contribution in [0.3, 0.4) is 0 Å². The average Bonchev–Trinajstić information content (AvgIpc) is 3.26. The number of rotatable bonds is 51. The van der Waals surface area contributed by atoms with Crippen molar-refractivity contribution in [1.82, 2.24) is 5.32 Å². The van der Waals surface area contributed by atoms with Crippen molar-refractivity contribution in [2.75, 3.05) is 6.61 Å². The molecular formula is C55H109NO5. The SMILES string of the molecule is CCCCCCCCCCCCCCCCCCCCCC/C=C/CCCC(O)C(O)C(CO)NC(=O)C(O)CCCCCCCCCCCCCCCCCCCCCC. The second-order valence-electron chi connectivity index (χ2n) is 19.3. The van der Waals surface area contributed by atoms with Crippen molar-refractivity contribution >= 4 is 5.91 Å². The van der Waals surface area contributed by atoms with Gasteiger partial charge in [0.2, 0.25) is 5.91 Å². The van der Waals surface area contributed by atoms with Crippen LogP contribution >= 0.6 is 0 Å². The predicted octanol–water partition coefficient (Wildman–Crippen LogP) is 15.7. The number of hydrogen-bond donors (Lipinski definition) is 5. The Bertz CT molecular complexity index is 882. The summed E-state index contributed by atoms with van der Waals surface area (Å²) in [6.45, 7) is 4.08. The Labute approximate surface area is 381 Å². The molecule has 0 radical (unpaired) electrons. The molecule has 6 nitrogen and oxygen atoms in total. The first-order valence-electron chi connectivity index (χ1n) is 27.6. The van der Waals surface area contributed by atoms with Gasteiger partial charge in [0.15, 0.2) is 0 Å². The number of unbranched alkanes of at least 4 members (excludes halogenated alkanes) is 40. The Hall–Kier alpha value is -0.950. The molecule has 5 N–H and O–H groups in total. The van der Waals surface area contributed by atoms with Gasteiger partial charge in [-0.1, -0.05) is 276 Å². The number of carbonyl (C=O) groups is 1. The van der Waals surface area contributed by atoms with Crippen molar-refractivity contribution in [2.24, 2.45) is 0 Å². The summed E-state index contributed by atoms with van der Waals surface area (Å²) in [4.78, 5) is 12.6. The zero-order valence-corrected chi connectivity index (χ0v) is 41.2. The molecule has 0 aliphatic heterocycles. The molecule has 0 aromatic heterocycles. The van der Waals surface area contributed by atoms with Crippen LogP contribution < -0.4 is 5.32 Å². The predicted molar refractivity (Wildman–Crippen MR) is 265 cm³/mol. The van der Waals surface area contributed by atoms with Crippen molar-refractivity contribution in [3.05, 3.63) is 12.2 Å². The lowest BCUT2D eigenvalue weighted by atomic mass is 10.00. The van der Waals surface area contributed by atoms with E-state index < -0.39 is 36.9 Å². The highest BCUT2D eigenvalue weighted by molar-refractivity contribution is 5.80. The Morgan fingerprint density at radius 1 is 0.393 bits per heavy atom. The fourth-order valence-electron chi connectivity index (χ4n) is 8.88. The zero-order valence-electron chi connectivity index (χ0n) is 41.2. The van der Waals surface area contributed by atoms with Crippen molar-refractivity contribution in [3.8, 4) is 0 Å². The second kappa shape index (κ2) is 50.1. The Morgan fingerprint density at radius 3 is 0.984 bits per heavy atom. The normalized spacial score (nSPS) is 13.9. The highest BCUT2D eigenvalue weighted by Crippen LogP contribution is 2.18. The Morgan fingerprint density at radius 2 is 0.672 bits per heavy atom. The molecule has 6 heteroatoms. The summed E-state index contributed by atoms with van der Waals surface area (Å²) in [7, 11) is 0. The first kappa shape index (κ1) is 60.1. The third-order valence-corrected chi connectivity index (χ3v) is 13.2. The number of amides is 1. The van der Waals surface area contributed by atoms with Crippen LogP contribution in [0.15, 0.2) is 12.2 Å². The van der Waals surface area contributed by atoms with Crippen molar-refractivity contribution in [1.29, 1.82) is 0 Å². The van der Waals surface area contributed by atoms with Crippen molar-refractivity contribution in [2.45, 2.75) is 327 Å². The first-order valence-corrected chi connectivity index (χ1v) is 27.6. The molecule has 0 aliphatic rings. The van der Waals surface area contributed by atoms with Crippen LogP contribution in [0.25, 0.3) is 0 Å². The van der Waals surface area contributed by atoms with E-state index in [4.69, 9.17) is 0 Å². The molecule has 0 fully saturated rings. The molecule has 0 saturated carbocycles. The lowest BCUT2D eigenvalue weighted by Gasteiger charge is -2.27. The van der Waals surface area contributed by atoms with Gasteiger partial charge in [-0.3, -0.25) is 4.79 Å². The topological polar surface area (TPSA) is 110 Å². The minimum absolute atomic E-state index is 0.369. The van der Waals surface area contributed by atoms with Crippen LogP contribution in [0, 0.1) is 0 Å². The lowest BCUT2D eigenvalue weighted by Crippen LogP contribution is -2.53. The van der Waals surface area contributed by atoms with E-state index in [1.165, 1.54) is 238 Å². The molecule has 0 saturated heterocycles.